The van der Waals surface area contributed by atoms with Gasteiger partial charge >= 0.3 is 11.9 Å². The number of benzene rings is 4. The van der Waals surface area contributed by atoms with E-state index in [1.165, 1.54) is 24.3 Å². The summed E-state index contributed by atoms with van der Waals surface area (Å²) in [7, 11) is 0. The minimum Gasteiger partial charge on any atom is -0.481 e. The van der Waals surface area contributed by atoms with Crippen molar-refractivity contribution < 1.29 is 49.0 Å². The predicted molar refractivity (Wildman–Crippen MR) is 231 cm³/mol. The van der Waals surface area contributed by atoms with Gasteiger partial charge in [0.2, 0.25) is 0 Å². The Balaban J connectivity index is 0.000000228. The molecule has 2 aromatic heterocycles. The SMILES string of the molecule is CC(C)n1c(/C=C/[C@H](O)C[C@H](O)CC(=O)O)c(-c2ccc(F)cc2)c2ccccc21.CC(C)n1c(/C=C/[C@H](O)C[C@H](O)CC(=O)O)c(-c2ccc(F)cc2)c2ccccc21. The van der Waals surface area contributed by atoms with Crippen LogP contribution in [-0.4, -0.2) is 76.1 Å². The summed E-state index contributed by atoms with van der Waals surface area (Å²) in [6, 6.07) is 28.7. The second-order valence-electron chi connectivity index (χ2n) is 15.3. The average molecular weight is 823 g/mol. The molecule has 60 heavy (non-hydrogen) atoms. The Bertz CT molecular complexity index is 2280. The smallest absolute Gasteiger partial charge is 0.305 e. The van der Waals surface area contributed by atoms with Gasteiger partial charge in [-0.3, -0.25) is 9.59 Å². The number of halogens is 2. The van der Waals surface area contributed by atoms with Crippen molar-refractivity contribution in [3.05, 3.63) is 132 Å². The Morgan fingerprint density at radius 1 is 0.550 bits per heavy atom. The van der Waals surface area contributed by atoms with Crippen molar-refractivity contribution in [2.75, 3.05) is 0 Å². The molecule has 12 heteroatoms. The number of nitrogens with zero attached hydrogens (tertiary/aromatic N) is 2. The second-order valence-corrected chi connectivity index (χ2v) is 15.3. The highest BCUT2D eigenvalue weighted by Gasteiger charge is 2.21. The summed E-state index contributed by atoms with van der Waals surface area (Å²) in [5.74, 6) is -2.85. The minimum absolute atomic E-state index is 0.0728. The number of rotatable bonds is 16. The molecule has 316 valence electrons. The zero-order chi connectivity index (χ0) is 43.7. The van der Waals surface area contributed by atoms with Crippen molar-refractivity contribution in [3.8, 4) is 22.3 Å². The van der Waals surface area contributed by atoms with Crippen LogP contribution in [-0.2, 0) is 9.59 Å². The van der Waals surface area contributed by atoms with Gasteiger partial charge in [-0.05, 0) is 87.4 Å². The molecule has 4 aromatic carbocycles. The molecular formula is C48H52F2N2O8. The zero-order valence-corrected chi connectivity index (χ0v) is 34.0. The Hall–Kier alpha value is -5.92. The summed E-state index contributed by atoms with van der Waals surface area (Å²) >= 11 is 0. The van der Waals surface area contributed by atoms with Crippen LogP contribution in [0.5, 0.6) is 0 Å². The van der Waals surface area contributed by atoms with E-state index in [1.54, 1.807) is 48.6 Å². The van der Waals surface area contributed by atoms with Crippen molar-refractivity contribution in [2.24, 2.45) is 0 Å². The van der Waals surface area contributed by atoms with E-state index < -0.39 is 49.2 Å². The van der Waals surface area contributed by atoms with E-state index in [9.17, 15) is 38.8 Å². The van der Waals surface area contributed by atoms with E-state index in [0.717, 1.165) is 55.4 Å². The molecule has 0 radical (unpaired) electrons. The van der Waals surface area contributed by atoms with E-state index in [1.807, 2.05) is 48.5 Å². The van der Waals surface area contributed by atoms with Gasteiger partial charge in [-0.2, -0.15) is 0 Å². The number of carboxylic acid groups (broad SMARTS) is 2. The molecular weight excluding hydrogens is 771 g/mol. The number of carboxylic acids is 2. The largest absolute Gasteiger partial charge is 0.481 e. The van der Waals surface area contributed by atoms with Gasteiger partial charge in [0, 0.05) is 69.2 Å². The Labute approximate surface area is 347 Å². The highest BCUT2D eigenvalue weighted by Crippen LogP contribution is 2.39. The van der Waals surface area contributed by atoms with E-state index >= 15 is 0 Å². The van der Waals surface area contributed by atoms with Gasteiger partial charge in [0.15, 0.2) is 0 Å². The average Bonchev–Trinajstić information content (AvgIpc) is 3.69. The fourth-order valence-corrected chi connectivity index (χ4v) is 7.54. The Kier molecular flexibility index (Phi) is 15.3. The standard InChI is InChI=1S/2C24H26FNO4/c2*1-15(2)26-21-6-4-3-5-20(21)24(16-7-9-17(25)10-8-16)22(26)12-11-18(27)13-19(28)14-23(29)30/h2*3-12,15,18-19,27-28H,13-14H2,1-2H3,(H,29,30)/b2*12-11+/t2*18-,19-/m00/s1. The molecule has 4 atom stereocenters. The number of para-hydroxylation sites is 2. The number of aromatic nitrogens is 2. The molecule has 6 aromatic rings. The maximum absolute atomic E-state index is 13.5. The highest BCUT2D eigenvalue weighted by atomic mass is 19.1. The van der Waals surface area contributed by atoms with Crippen LogP contribution in [0.1, 0.15) is 76.8 Å². The van der Waals surface area contributed by atoms with E-state index in [-0.39, 0.29) is 36.6 Å². The molecule has 0 unspecified atom stereocenters. The molecule has 6 rings (SSSR count). The van der Waals surface area contributed by atoms with Crippen LogP contribution in [0.25, 0.3) is 56.2 Å². The number of aliphatic hydroxyl groups excluding tert-OH is 4. The molecule has 10 nitrogen and oxygen atoms in total. The summed E-state index contributed by atoms with van der Waals surface area (Å²) in [5, 5.41) is 59.7. The first kappa shape index (κ1) is 45.2. The van der Waals surface area contributed by atoms with Crippen LogP contribution in [0.4, 0.5) is 8.78 Å². The molecule has 0 saturated heterocycles. The Morgan fingerprint density at radius 2 is 0.883 bits per heavy atom. The predicted octanol–water partition coefficient (Wildman–Crippen LogP) is 9.26. The lowest BCUT2D eigenvalue weighted by Crippen LogP contribution is -2.19. The van der Waals surface area contributed by atoms with Crippen LogP contribution in [0.2, 0.25) is 0 Å². The van der Waals surface area contributed by atoms with Crippen molar-refractivity contribution in [2.45, 2.75) is 89.9 Å². The fourth-order valence-electron chi connectivity index (χ4n) is 7.54. The van der Waals surface area contributed by atoms with Crippen molar-refractivity contribution in [3.63, 3.8) is 0 Å². The third-order valence-electron chi connectivity index (χ3n) is 10.00. The fraction of sp³-hybridized carbons (Fsp3) is 0.292. The first-order chi connectivity index (χ1) is 28.5. The van der Waals surface area contributed by atoms with Gasteiger partial charge in [0.25, 0.3) is 0 Å². The molecule has 0 aliphatic carbocycles. The van der Waals surface area contributed by atoms with Crippen LogP contribution in [0.15, 0.2) is 109 Å². The first-order valence-corrected chi connectivity index (χ1v) is 19.9. The number of hydrogen-bond acceptors (Lipinski definition) is 6. The summed E-state index contributed by atoms with van der Waals surface area (Å²) < 4.78 is 31.3. The summed E-state index contributed by atoms with van der Waals surface area (Å²) in [6.07, 6.45) is 1.45. The summed E-state index contributed by atoms with van der Waals surface area (Å²) in [5.41, 5.74) is 7.30. The van der Waals surface area contributed by atoms with E-state index in [0.29, 0.717) is 0 Å². The minimum atomic E-state index is -1.13. The topological polar surface area (TPSA) is 165 Å². The maximum atomic E-state index is 13.5. The number of carbonyl (C=O) groups is 2. The molecule has 0 aliphatic heterocycles. The van der Waals surface area contributed by atoms with Gasteiger partial charge in [-0.1, -0.05) is 72.8 Å². The van der Waals surface area contributed by atoms with E-state index in [2.05, 4.69) is 36.8 Å². The van der Waals surface area contributed by atoms with Crippen molar-refractivity contribution >= 4 is 45.9 Å². The molecule has 0 saturated carbocycles. The zero-order valence-electron chi connectivity index (χ0n) is 34.0. The van der Waals surface area contributed by atoms with Crippen LogP contribution in [0, 0.1) is 11.6 Å². The van der Waals surface area contributed by atoms with Crippen molar-refractivity contribution in [1.82, 2.24) is 9.13 Å². The third-order valence-corrected chi connectivity index (χ3v) is 10.00. The molecule has 0 bridgehead atoms. The lowest BCUT2D eigenvalue weighted by Gasteiger charge is -2.15. The third kappa shape index (κ3) is 11.2. The maximum Gasteiger partial charge on any atom is 0.305 e. The monoisotopic (exact) mass is 822 g/mol. The molecule has 0 aliphatic rings. The van der Waals surface area contributed by atoms with Gasteiger partial charge < -0.3 is 39.8 Å². The molecule has 0 fully saturated rings. The molecule has 0 amide bonds. The highest BCUT2D eigenvalue weighted by molar-refractivity contribution is 6.02. The van der Waals surface area contributed by atoms with Crippen LogP contribution >= 0.6 is 0 Å². The van der Waals surface area contributed by atoms with Gasteiger partial charge in [-0.15, -0.1) is 0 Å². The Morgan fingerprint density at radius 3 is 1.20 bits per heavy atom. The van der Waals surface area contributed by atoms with Gasteiger partial charge in [0.1, 0.15) is 11.6 Å². The number of aliphatic hydroxyl groups is 4. The quantitative estimate of drug-likeness (QED) is 0.0562. The number of fused-ring (bicyclic) bond motifs is 2. The lowest BCUT2D eigenvalue weighted by atomic mass is 10.0. The second kappa shape index (κ2) is 20.4. The number of hydrogen-bond donors (Lipinski definition) is 6. The summed E-state index contributed by atoms with van der Waals surface area (Å²) in [4.78, 5) is 21.5. The molecule has 0 spiro atoms. The van der Waals surface area contributed by atoms with E-state index in [4.69, 9.17) is 10.2 Å². The van der Waals surface area contributed by atoms with Gasteiger partial charge in [-0.25, -0.2) is 8.78 Å². The number of aliphatic carboxylic acids is 2. The molecule has 6 N–H and O–H groups in total. The van der Waals surface area contributed by atoms with Crippen molar-refractivity contribution in [1.29, 1.82) is 0 Å². The van der Waals surface area contributed by atoms with Crippen LogP contribution < -0.4 is 0 Å². The summed E-state index contributed by atoms with van der Waals surface area (Å²) in [6.45, 7) is 8.24. The first-order valence-electron chi connectivity index (χ1n) is 19.9. The molecule has 2 heterocycles. The van der Waals surface area contributed by atoms with Crippen LogP contribution in [0.3, 0.4) is 0 Å². The van der Waals surface area contributed by atoms with Gasteiger partial charge in [0.05, 0.1) is 37.3 Å². The normalized spacial score (nSPS) is 13.9. The lowest BCUT2D eigenvalue weighted by molar-refractivity contribution is -0.140.